The molecule has 1 atom stereocenters. The zero-order valence-electron chi connectivity index (χ0n) is 14.3. The van der Waals surface area contributed by atoms with E-state index in [4.69, 9.17) is 0 Å². The molecule has 2 aromatic carbocycles. The molecule has 0 aliphatic heterocycles. The van der Waals surface area contributed by atoms with Crippen molar-refractivity contribution in [2.24, 2.45) is 0 Å². The molecule has 0 aromatic heterocycles. The Morgan fingerprint density at radius 1 is 1.14 bits per heavy atom. The van der Waals surface area contributed by atoms with Gasteiger partial charge in [0.15, 0.2) is 0 Å². The summed E-state index contributed by atoms with van der Waals surface area (Å²) in [7, 11) is 0. The monoisotopic (exact) mass is 396 g/mol. The van der Waals surface area contributed by atoms with Crippen molar-refractivity contribution in [1.82, 2.24) is 5.32 Å². The molecule has 0 aliphatic carbocycles. The summed E-state index contributed by atoms with van der Waals surface area (Å²) in [4.78, 5) is 33.6. The molecule has 0 aliphatic rings. The summed E-state index contributed by atoms with van der Waals surface area (Å²) >= 11 is 0. The zero-order valence-corrected chi connectivity index (χ0v) is 14.3. The third kappa shape index (κ3) is 5.53. The summed E-state index contributed by atoms with van der Waals surface area (Å²) in [5, 5.41) is 22.2. The molecule has 2 N–H and O–H groups in total. The molecule has 10 heteroatoms. The molecule has 0 saturated heterocycles. The largest absolute Gasteiger partial charge is 0.480 e. The summed E-state index contributed by atoms with van der Waals surface area (Å²) in [5.74, 6) is -2.28. The number of nitro benzene ring substituents is 1. The Balaban J connectivity index is 2.14. The number of alkyl halides is 3. The van der Waals surface area contributed by atoms with Gasteiger partial charge in [-0.25, -0.2) is 4.79 Å². The van der Waals surface area contributed by atoms with Crippen molar-refractivity contribution in [2.45, 2.75) is 25.1 Å². The number of carbonyl (C=O) groups excluding carboxylic acids is 1. The van der Waals surface area contributed by atoms with Gasteiger partial charge < -0.3 is 10.4 Å². The van der Waals surface area contributed by atoms with Crippen LogP contribution >= 0.6 is 0 Å². The maximum absolute atomic E-state index is 13.1. The average Bonchev–Trinajstić information content (AvgIpc) is 2.60. The number of non-ortho nitro benzene ring substituents is 1. The molecule has 0 unspecified atom stereocenters. The Hall–Kier alpha value is -3.43. The predicted molar refractivity (Wildman–Crippen MR) is 91.5 cm³/mol. The highest BCUT2D eigenvalue weighted by atomic mass is 19.4. The van der Waals surface area contributed by atoms with E-state index in [2.05, 4.69) is 5.32 Å². The Bertz CT molecular complexity index is 899. The van der Waals surface area contributed by atoms with Gasteiger partial charge in [-0.15, -0.1) is 0 Å². The highest BCUT2D eigenvalue weighted by molar-refractivity contribution is 5.85. The standard InChI is InChI=1S/C18H15F3N2O5/c19-18(20,21)14-7-2-1-5-12(14)10-15(17(25)26)22-16(24)9-11-4-3-6-13(8-11)23(27)28/h1-8,15H,9-10H2,(H,22,24)(H,25,26)/t15-/m0/s1. The molecular weight excluding hydrogens is 381 g/mol. The van der Waals surface area contributed by atoms with Crippen LogP contribution in [0.1, 0.15) is 16.7 Å². The number of nitro groups is 1. The van der Waals surface area contributed by atoms with Crippen molar-refractivity contribution < 1.29 is 32.8 Å². The lowest BCUT2D eigenvalue weighted by molar-refractivity contribution is -0.384. The lowest BCUT2D eigenvalue weighted by atomic mass is 9.99. The molecule has 0 bridgehead atoms. The lowest BCUT2D eigenvalue weighted by Crippen LogP contribution is -2.43. The second-order valence-corrected chi connectivity index (χ2v) is 5.92. The van der Waals surface area contributed by atoms with Crippen LogP contribution in [0.2, 0.25) is 0 Å². The van der Waals surface area contributed by atoms with Gasteiger partial charge in [0.1, 0.15) is 6.04 Å². The van der Waals surface area contributed by atoms with Crippen molar-refractivity contribution in [3.63, 3.8) is 0 Å². The molecule has 0 heterocycles. The predicted octanol–water partition coefficient (Wildman–Crippen LogP) is 2.97. The van der Waals surface area contributed by atoms with Gasteiger partial charge in [-0.2, -0.15) is 13.2 Å². The van der Waals surface area contributed by atoms with Crippen LogP contribution in [0.5, 0.6) is 0 Å². The highest BCUT2D eigenvalue weighted by Gasteiger charge is 2.34. The van der Waals surface area contributed by atoms with Gasteiger partial charge in [0, 0.05) is 18.6 Å². The Morgan fingerprint density at radius 3 is 2.43 bits per heavy atom. The van der Waals surface area contributed by atoms with Gasteiger partial charge in [-0.3, -0.25) is 14.9 Å². The molecule has 2 rings (SSSR count). The van der Waals surface area contributed by atoms with Crippen LogP contribution < -0.4 is 5.32 Å². The number of carboxylic acid groups (broad SMARTS) is 1. The number of halogens is 3. The fraction of sp³-hybridized carbons (Fsp3) is 0.222. The summed E-state index contributed by atoms with van der Waals surface area (Å²) in [5.41, 5.74) is -1.21. The number of amides is 1. The Morgan fingerprint density at radius 2 is 1.82 bits per heavy atom. The van der Waals surface area contributed by atoms with Crippen molar-refractivity contribution in [3.05, 3.63) is 75.3 Å². The average molecular weight is 396 g/mol. The van der Waals surface area contributed by atoms with Crippen LogP contribution in [-0.4, -0.2) is 27.9 Å². The Labute approximate surface area is 156 Å². The SMILES string of the molecule is O=C(Cc1cccc([N+](=O)[O-])c1)N[C@@H](Cc1ccccc1C(F)(F)F)C(=O)O. The second-order valence-electron chi connectivity index (χ2n) is 5.92. The number of carbonyl (C=O) groups is 2. The molecule has 0 radical (unpaired) electrons. The van der Waals surface area contributed by atoms with Crippen LogP contribution in [-0.2, 0) is 28.6 Å². The van der Waals surface area contributed by atoms with Gasteiger partial charge >= 0.3 is 12.1 Å². The maximum Gasteiger partial charge on any atom is 0.416 e. The summed E-state index contributed by atoms with van der Waals surface area (Å²) in [6, 6.07) is 8.12. The molecule has 148 valence electrons. The van der Waals surface area contributed by atoms with Crippen LogP contribution in [0, 0.1) is 10.1 Å². The number of benzene rings is 2. The van der Waals surface area contributed by atoms with Gasteiger partial charge in [-0.1, -0.05) is 30.3 Å². The first-order chi connectivity index (χ1) is 13.1. The van der Waals surface area contributed by atoms with E-state index >= 15 is 0 Å². The number of rotatable bonds is 7. The fourth-order valence-corrected chi connectivity index (χ4v) is 2.61. The molecule has 7 nitrogen and oxygen atoms in total. The van der Waals surface area contributed by atoms with Gasteiger partial charge in [0.2, 0.25) is 5.91 Å². The molecule has 28 heavy (non-hydrogen) atoms. The normalized spacial score (nSPS) is 12.2. The minimum atomic E-state index is -4.66. The lowest BCUT2D eigenvalue weighted by Gasteiger charge is -2.18. The molecule has 0 saturated carbocycles. The molecule has 1 amide bonds. The first-order valence-electron chi connectivity index (χ1n) is 7.98. The van der Waals surface area contributed by atoms with Crippen molar-refractivity contribution in [3.8, 4) is 0 Å². The van der Waals surface area contributed by atoms with E-state index in [0.29, 0.717) is 0 Å². The van der Waals surface area contributed by atoms with E-state index in [0.717, 1.165) is 18.2 Å². The number of nitrogens with zero attached hydrogens (tertiary/aromatic N) is 1. The first-order valence-corrected chi connectivity index (χ1v) is 7.98. The summed E-state index contributed by atoms with van der Waals surface area (Å²) in [6.45, 7) is 0. The third-order valence-electron chi connectivity index (χ3n) is 3.87. The molecular formula is C18H15F3N2O5. The Kier molecular flexibility index (Phi) is 6.34. The number of nitrogens with one attached hydrogen (secondary N) is 1. The van der Waals surface area contributed by atoms with E-state index in [1.807, 2.05) is 0 Å². The smallest absolute Gasteiger partial charge is 0.416 e. The van der Waals surface area contributed by atoms with Crippen LogP contribution in [0.25, 0.3) is 0 Å². The van der Waals surface area contributed by atoms with Crippen molar-refractivity contribution >= 4 is 17.6 Å². The van der Waals surface area contributed by atoms with E-state index in [9.17, 15) is 38.0 Å². The second kappa shape index (κ2) is 8.51. The molecule has 2 aromatic rings. The third-order valence-corrected chi connectivity index (χ3v) is 3.87. The van der Waals surface area contributed by atoms with E-state index in [1.54, 1.807) is 0 Å². The van der Waals surface area contributed by atoms with Gasteiger partial charge in [-0.05, 0) is 17.2 Å². The number of hydrogen-bond donors (Lipinski definition) is 2. The van der Waals surface area contributed by atoms with Crippen LogP contribution in [0.3, 0.4) is 0 Å². The minimum Gasteiger partial charge on any atom is -0.480 e. The first kappa shape index (κ1) is 20.9. The van der Waals surface area contributed by atoms with Gasteiger partial charge in [0.05, 0.1) is 16.9 Å². The van der Waals surface area contributed by atoms with Crippen molar-refractivity contribution in [1.29, 1.82) is 0 Å². The highest BCUT2D eigenvalue weighted by Crippen LogP contribution is 2.32. The van der Waals surface area contributed by atoms with E-state index in [1.165, 1.54) is 30.3 Å². The zero-order chi connectivity index (χ0) is 20.9. The quantitative estimate of drug-likeness (QED) is 0.552. The summed E-state index contributed by atoms with van der Waals surface area (Å²) in [6.07, 6.45) is -5.58. The number of carboxylic acids is 1. The maximum atomic E-state index is 13.1. The van der Waals surface area contributed by atoms with Crippen LogP contribution in [0.15, 0.2) is 48.5 Å². The van der Waals surface area contributed by atoms with Crippen LogP contribution in [0.4, 0.5) is 18.9 Å². The number of hydrogen-bond acceptors (Lipinski definition) is 4. The van der Waals surface area contributed by atoms with E-state index in [-0.39, 0.29) is 23.2 Å². The van der Waals surface area contributed by atoms with Crippen molar-refractivity contribution in [2.75, 3.05) is 0 Å². The van der Waals surface area contributed by atoms with E-state index < -0.39 is 41.0 Å². The topological polar surface area (TPSA) is 110 Å². The van der Waals surface area contributed by atoms with Gasteiger partial charge in [0.25, 0.3) is 5.69 Å². The summed E-state index contributed by atoms with van der Waals surface area (Å²) < 4.78 is 39.2. The molecule has 0 spiro atoms. The minimum absolute atomic E-state index is 0.237. The number of aliphatic carboxylic acids is 1. The fourth-order valence-electron chi connectivity index (χ4n) is 2.61. The molecule has 0 fully saturated rings.